The van der Waals surface area contributed by atoms with E-state index in [2.05, 4.69) is 4.98 Å². The molecule has 4 nitrogen and oxygen atoms in total. The third-order valence-electron chi connectivity index (χ3n) is 2.66. The van der Waals surface area contributed by atoms with Gasteiger partial charge in [-0.1, -0.05) is 18.5 Å². The van der Waals surface area contributed by atoms with E-state index in [9.17, 15) is 4.79 Å². The molecule has 2 unspecified atom stereocenters. The Morgan fingerprint density at radius 2 is 2.47 bits per heavy atom. The van der Waals surface area contributed by atoms with Crippen molar-refractivity contribution >= 4 is 34.0 Å². The van der Waals surface area contributed by atoms with E-state index in [1.807, 2.05) is 11.8 Å². The minimum atomic E-state index is -0.729. The van der Waals surface area contributed by atoms with Crippen molar-refractivity contribution in [2.45, 2.75) is 6.92 Å². The molecule has 2 heterocycles. The third-order valence-corrected chi connectivity index (χ3v) is 3.89. The summed E-state index contributed by atoms with van der Waals surface area (Å²) in [7, 11) is 0. The fourth-order valence-corrected chi connectivity index (χ4v) is 2.80. The average molecular weight is 247 g/mol. The Morgan fingerprint density at radius 1 is 1.73 bits per heavy atom. The molecule has 15 heavy (non-hydrogen) atoms. The molecule has 2 atom stereocenters. The van der Waals surface area contributed by atoms with Gasteiger partial charge in [-0.2, -0.15) is 0 Å². The largest absolute Gasteiger partial charge is 0.481 e. The van der Waals surface area contributed by atoms with Crippen molar-refractivity contribution in [2.24, 2.45) is 11.8 Å². The molecule has 0 saturated carbocycles. The van der Waals surface area contributed by atoms with Gasteiger partial charge in [0, 0.05) is 18.5 Å². The highest BCUT2D eigenvalue weighted by Crippen LogP contribution is 2.31. The molecule has 1 aliphatic rings. The number of aliphatic carboxylic acids is 1. The minimum absolute atomic E-state index is 0.158. The van der Waals surface area contributed by atoms with Crippen LogP contribution in [0.1, 0.15) is 6.92 Å². The van der Waals surface area contributed by atoms with Gasteiger partial charge in [0.25, 0.3) is 0 Å². The highest BCUT2D eigenvalue weighted by Gasteiger charge is 2.35. The van der Waals surface area contributed by atoms with Crippen molar-refractivity contribution in [3.63, 3.8) is 0 Å². The second-order valence-corrected chi connectivity index (χ2v) is 5.00. The number of carbonyl (C=O) groups is 1. The lowest BCUT2D eigenvalue weighted by Crippen LogP contribution is -2.22. The van der Waals surface area contributed by atoms with Crippen molar-refractivity contribution in [3.8, 4) is 0 Å². The molecule has 0 radical (unpaired) electrons. The van der Waals surface area contributed by atoms with Crippen LogP contribution in [-0.2, 0) is 4.79 Å². The van der Waals surface area contributed by atoms with Gasteiger partial charge in [0.15, 0.2) is 5.13 Å². The molecule has 0 aromatic carbocycles. The first-order valence-corrected chi connectivity index (χ1v) is 5.92. The van der Waals surface area contributed by atoms with E-state index in [0.29, 0.717) is 11.7 Å². The van der Waals surface area contributed by atoms with Crippen molar-refractivity contribution in [2.75, 3.05) is 18.0 Å². The maximum Gasteiger partial charge on any atom is 0.308 e. The van der Waals surface area contributed by atoms with Crippen LogP contribution >= 0.6 is 22.9 Å². The van der Waals surface area contributed by atoms with Gasteiger partial charge in [-0.3, -0.25) is 4.79 Å². The van der Waals surface area contributed by atoms with Crippen LogP contribution in [-0.4, -0.2) is 29.1 Å². The first-order valence-electron chi connectivity index (χ1n) is 4.66. The van der Waals surface area contributed by atoms with E-state index < -0.39 is 5.97 Å². The molecule has 6 heteroatoms. The number of carboxylic acids is 1. The number of hydrogen-bond donors (Lipinski definition) is 1. The smallest absolute Gasteiger partial charge is 0.308 e. The molecule has 1 fully saturated rings. The number of aromatic nitrogens is 1. The third kappa shape index (κ3) is 2.08. The molecular formula is C9H11ClN2O2S. The fraction of sp³-hybridized carbons (Fsp3) is 0.556. The van der Waals surface area contributed by atoms with Crippen molar-refractivity contribution in [1.82, 2.24) is 4.98 Å². The second kappa shape index (κ2) is 3.98. The van der Waals surface area contributed by atoms with E-state index in [-0.39, 0.29) is 11.8 Å². The highest BCUT2D eigenvalue weighted by molar-refractivity contribution is 7.14. The zero-order valence-electron chi connectivity index (χ0n) is 8.18. The van der Waals surface area contributed by atoms with Crippen LogP contribution in [0.3, 0.4) is 0 Å². The van der Waals surface area contributed by atoms with E-state index in [0.717, 1.165) is 11.7 Å². The van der Waals surface area contributed by atoms with Gasteiger partial charge in [0.2, 0.25) is 0 Å². The molecule has 0 amide bonds. The second-order valence-electron chi connectivity index (χ2n) is 3.78. The maximum atomic E-state index is 10.9. The van der Waals surface area contributed by atoms with Gasteiger partial charge in [-0.15, -0.1) is 11.3 Å². The lowest BCUT2D eigenvalue weighted by atomic mass is 9.99. The van der Waals surface area contributed by atoms with Crippen LogP contribution in [0.25, 0.3) is 0 Å². The molecule has 1 aromatic heterocycles. The zero-order valence-corrected chi connectivity index (χ0v) is 9.75. The topological polar surface area (TPSA) is 53.4 Å². The van der Waals surface area contributed by atoms with Crippen molar-refractivity contribution in [3.05, 3.63) is 10.5 Å². The van der Waals surface area contributed by atoms with Crippen LogP contribution in [0.15, 0.2) is 5.38 Å². The molecular weight excluding hydrogens is 236 g/mol. The summed E-state index contributed by atoms with van der Waals surface area (Å²) < 4.78 is 0. The summed E-state index contributed by atoms with van der Waals surface area (Å²) in [6, 6.07) is 0. The predicted molar refractivity (Wildman–Crippen MR) is 59.6 cm³/mol. The summed E-state index contributed by atoms with van der Waals surface area (Å²) in [5.41, 5.74) is 0. The van der Waals surface area contributed by atoms with E-state index in [1.54, 1.807) is 5.38 Å². The Bertz CT molecular complexity index is 382. The number of hydrogen-bond acceptors (Lipinski definition) is 4. The quantitative estimate of drug-likeness (QED) is 0.867. The normalized spacial score (nSPS) is 25.9. The van der Waals surface area contributed by atoms with Gasteiger partial charge in [-0.25, -0.2) is 4.98 Å². The fourth-order valence-electron chi connectivity index (χ4n) is 1.84. The average Bonchev–Trinajstić information content (AvgIpc) is 2.71. The van der Waals surface area contributed by atoms with Gasteiger partial charge < -0.3 is 10.0 Å². The molecule has 1 aromatic rings. The molecule has 0 bridgehead atoms. The van der Waals surface area contributed by atoms with Crippen molar-refractivity contribution < 1.29 is 9.90 Å². The molecule has 2 rings (SSSR count). The zero-order chi connectivity index (χ0) is 11.0. The number of rotatable bonds is 2. The number of anilines is 1. The SMILES string of the molecule is CC1CN(c2nc(Cl)cs2)CC1C(=O)O. The van der Waals surface area contributed by atoms with Gasteiger partial charge in [-0.05, 0) is 5.92 Å². The highest BCUT2D eigenvalue weighted by atomic mass is 35.5. The molecule has 1 N–H and O–H groups in total. The molecule has 0 spiro atoms. The summed E-state index contributed by atoms with van der Waals surface area (Å²) in [5, 5.41) is 12.0. The van der Waals surface area contributed by atoms with E-state index >= 15 is 0 Å². The standard InChI is InChI=1S/C9H11ClN2O2S/c1-5-2-12(3-6(5)8(13)14)9-11-7(10)4-15-9/h4-6H,2-3H2,1H3,(H,13,14). The van der Waals surface area contributed by atoms with Gasteiger partial charge >= 0.3 is 5.97 Å². The summed E-state index contributed by atoms with van der Waals surface area (Å²) in [4.78, 5) is 17.0. The molecule has 0 aliphatic carbocycles. The molecule has 1 aliphatic heterocycles. The number of thiazole rings is 1. The monoisotopic (exact) mass is 246 g/mol. The summed E-state index contributed by atoms with van der Waals surface area (Å²) in [5.74, 6) is -0.870. The Morgan fingerprint density at radius 3 is 2.93 bits per heavy atom. The molecule has 1 saturated heterocycles. The predicted octanol–water partition coefficient (Wildman–Crippen LogP) is 1.95. The minimum Gasteiger partial charge on any atom is -0.481 e. The van der Waals surface area contributed by atoms with Crippen LogP contribution in [0.2, 0.25) is 5.15 Å². The van der Waals surface area contributed by atoms with Gasteiger partial charge in [0.1, 0.15) is 5.15 Å². The summed E-state index contributed by atoms with van der Waals surface area (Å²) >= 11 is 7.18. The van der Waals surface area contributed by atoms with E-state index in [1.165, 1.54) is 11.3 Å². The van der Waals surface area contributed by atoms with E-state index in [4.69, 9.17) is 16.7 Å². The number of carboxylic acid groups (broad SMARTS) is 1. The number of nitrogens with zero attached hydrogens (tertiary/aromatic N) is 2. The van der Waals surface area contributed by atoms with Crippen molar-refractivity contribution in [1.29, 1.82) is 0 Å². The maximum absolute atomic E-state index is 10.9. The van der Waals surface area contributed by atoms with Crippen LogP contribution in [0.4, 0.5) is 5.13 Å². The summed E-state index contributed by atoms with van der Waals surface area (Å²) in [6.07, 6.45) is 0. The molecule has 82 valence electrons. The lowest BCUT2D eigenvalue weighted by molar-refractivity contribution is -0.142. The Kier molecular flexibility index (Phi) is 2.84. The first kappa shape index (κ1) is 10.7. The Labute approximate surface area is 96.5 Å². The van der Waals surface area contributed by atoms with Crippen LogP contribution in [0, 0.1) is 11.8 Å². The summed E-state index contributed by atoms with van der Waals surface area (Å²) in [6.45, 7) is 3.22. The lowest BCUT2D eigenvalue weighted by Gasteiger charge is -2.13. The Balaban J connectivity index is 2.12. The van der Waals surface area contributed by atoms with Crippen LogP contribution in [0.5, 0.6) is 0 Å². The number of halogens is 1. The van der Waals surface area contributed by atoms with Crippen LogP contribution < -0.4 is 4.90 Å². The first-order chi connectivity index (χ1) is 7.08. The Hall–Kier alpha value is -0.810. The van der Waals surface area contributed by atoms with Gasteiger partial charge in [0.05, 0.1) is 5.92 Å².